The molecule has 0 unspecified atom stereocenters. The van der Waals surface area contributed by atoms with E-state index in [1.807, 2.05) is 6.07 Å². The predicted octanol–water partition coefficient (Wildman–Crippen LogP) is 0.341. The van der Waals surface area contributed by atoms with Crippen LogP contribution in [0.4, 0.5) is 0 Å². The number of benzene rings is 1. The minimum absolute atomic E-state index is 0.116. The summed E-state index contributed by atoms with van der Waals surface area (Å²) in [6.45, 7) is 4.38. The predicted molar refractivity (Wildman–Crippen MR) is 100 cm³/mol. The van der Waals surface area contributed by atoms with Gasteiger partial charge in [0.1, 0.15) is 30.5 Å². The number of primary amides is 1. The number of esters is 1. The molecular weight excluding hydrogens is 376 g/mol. The monoisotopic (exact) mass is 394 g/mol. The zero-order chi connectivity index (χ0) is 21.3. The number of allylic oxidation sites excluding steroid dienone is 1. The van der Waals surface area contributed by atoms with Gasteiger partial charge >= 0.3 is 5.97 Å². The molecule has 9 heteroatoms. The highest BCUT2D eigenvalue weighted by Crippen LogP contribution is 2.53. The summed E-state index contributed by atoms with van der Waals surface area (Å²) in [6.07, 6.45) is 1.37. The van der Waals surface area contributed by atoms with Gasteiger partial charge in [0, 0.05) is 11.3 Å². The summed E-state index contributed by atoms with van der Waals surface area (Å²) < 4.78 is 10.7. The van der Waals surface area contributed by atoms with Crippen LogP contribution in [-0.2, 0) is 24.5 Å². The van der Waals surface area contributed by atoms with Gasteiger partial charge in [-0.1, -0.05) is 30.9 Å². The fourth-order valence-corrected chi connectivity index (χ4v) is 3.70. The molecule has 0 fully saturated rings. The molecule has 0 bridgehead atoms. The zero-order valence-electron chi connectivity index (χ0n) is 15.6. The first-order chi connectivity index (χ1) is 13.8. The summed E-state index contributed by atoms with van der Waals surface area (Å²) in [5.41, 5.74) is 9.33. The number of hydrogen-bond acceptors (Lipinski definition) is 7. The lowest BCUT2D eigenvalue weighted by Crippen LogP contribution is -2.48. The van der Waals surface area contributed by atoms with Gasteiger partial charge < -0.3 is 25.8 Å². The number of para-hydroxylation sites is 1. The minimum atomic E-state index is -1.91. The molecule has 2 aliphatic rings. The molecule has 1 atom stereocenters. The van der Waals surface area contributed by atoms with E-state index in [2.05, 4.69) is 6.58 Å². The molecule has 2 amide bonds. The Bertz CT molecular complexity index is 1050. The largest absolute Gasteiger partial charge is 0.458 e. The lowest BCUT2D eigenvalue weighted by atomic mass is 9.68. The maximum absolute atomic E-state index is 13.6. The quantitative estimate of drug-likeness (QED) is 0.540. The van der Waals surface area contributed by atoms with Gasteiger partial charge in [-0.15, -0.1) is 0 Å². The first-order valence-electron chi connectivity index (χ1n) is 8.58. The van der Waals surface area contributed by atoms with Crippen LogP contribution < -0.4 is 16.2 Å². The number of fused-ring (bicyclic) bond motifs is 2. The van der Waals surface area contributed by atoms with Gasteiger partial charge in [0.2, 0.25) is 17.7 Å². The fraction of sp³-hybridized carbons (Fsp3) is 0.200. The van der Waals surface area contributed by atoms with Gasteiger partial charge in [-0.25, -0.2) is 4.79 Å². The third-order valence-corrected chi connectivity index (χ3v) is 4.80. The Labute approximate surface area is 166 Å². The Morgan fingerprint density at radius 3 is 2.72 bits per heavy atom. The Morgan fingerprint density at radius 1 is 1.41 bits per heavy atom. The van der Waals surface area contributed by atoms with Crippen molar-refractivity contribution in [3.63, 3.8) is 0 Å². The zero-order valence-corrected chi connectivity index (χ0v) is 15.6. The number of nitrogens with two attached hydrogens (primary N) is 2. The van der Waals surface area contributed by atoms with Crippen molar-refractivity contribution in [2.45, 2.75) is 12.3 Å². The van der Waals surface area contributed by atoms with Gasteiger partial charge in [0.25, 0.3) is 0 Å². The van der Waals surface area contributed by atoms with E-state index in [-0.39, 0.29) is 40.6 Å². The van der Waals surface area contributed by atoms with Crippen molar-refractivity contribution in [3.05, 3.63) is 65.2 Å². The summed E-state index contributed by atoms with van der Waals surface area (Å²) >= 11 is 0. The van der Waals surface area contributed by atoms with Gasteiger partial charge in [-0.2, -0.15) is 5.26 Å². The van der Waals surface area contributed by atoms with Gasteiger partial charge in [-0.05, 0) is 13.0 Å². The van der Waals surface area contributed by atoms with E-state index in [0.717, 1.165) is 4.90 Å². The molecule has 3 rings (SSSR count). The Kier molecular flexibility index (Phi) is 4.86. The molecule has 0 radical (unpaired) electrons. The topological polar surface area (TPSA) is 149 Å². The number of nitrogens with zero attached hydrogens (tertiary/aromatic N) is 2. The van der Waals surface area contributed by atoms with Crippen LogP contribution in [0.25, 0.3) is 0 Å². The van der Waals surface area contributed by atoms with Crippen molar-refractivity contribution in [3.8, 4) is 11.8 Å². The van der Waals surface area contributed by atoms with Crippen molar-refractivity contribution < 1.29 is 23.9 Å². The normalized spacial score (nSPS) is 20.3. The first kappa shape index (κ1) is 19.7. The first-order valence-corrected chi connectivity index (χ1v) is 8.58. The van der Waals surface area contributed by atoms with Crippen LogP contribution in [0.15, 0.2) is 59.6 Å². The second-order valence-corrected chi connectivity index (χ2v) is 6.40. The molecule has 0 saturated heterocycles. The van der Waals surface area contributed by atoms with Crippen molar-refractivity contribution >= 4 is 17.8 Å². The van der Waals surface area contributed by atoms with Crippen LogP contribution in [0.3, 0.4) is 0 Å². The highest BCUT2D eigenvalue weighted by Gasteiger charge is 2.62. The maximum Gasteiger partial charge on any atom is 0.337 e. The number of nitriles is 1. The number of carbonyl (C=O) groups is 3. The second kappa shape index (κ2) is 7.16. The molecule has 0 aromatic heterocycles. The summed E-state index contributed by atoms with van der Waals surface area (Å²) in [7, 11) is 0. The summed E-state index contributed by atoms with van der Waals surface area (Å²) in [4.78, 5) is 39.3. The average Bonchev–Trinajstić information content (AvgIpc) is 2.88. The van der Waals surface area contributed by atoms with E-state index < -0.39 is 29.7 Å². The third kappa shape index (κ3) is 2.73. The van der Waals surface area contributed by atoms with Gasteiger partial charge in [0.05, 0.1) is 5.57 Å². The molecule has 1 aromatic rings. The SMILES string of the molecule is C=CCOC(=O)C1=C(C)N(CC(N)=O)C(=O)[C@@]12C(C#N)=C(N)Oc1ccccc12. The Hall–Kier alpha value is -4.06. The fourth-order valence-electron chi connectivity index (χ4n) is 3.70. The molecule has 2 heterocycles. The maximum atomic E-state index is 13.6. The molecule has 9 nitrogen and oxygen atoms in total. The van der Waals surface area contributed by atoms with Crippen LogP contribution in [-0.4, -0.2) is 35.8 Å². The lowest BCUT2D eigenvalue weighted by Gasteiger charge is -2.35. The number of amides is 2. The lowest BCUT2D eigenvalue weighted by molar-refractivity contribution is -0.140. The smallest absolute Gasteiger partial charge is 0.337 e. The molecule has 0 saturated carbocycles. The molecule has 148 valence electrons. The number of rotatable bonds is 5. The van der Waals surface area contributed by atoms with E-state index in [1.54, 1.807) is 24.3 Å². The highest BCUT2D eigenvalue weighted by molar-refractivity contribution is 6.13. The summed E-state index contributed by atoms with van der Waals surface area (Å²) in [6, 6.07) is 8.30. The van der Waals surface area contributed by atoms with Crippen LogP contribution in [0.2, 0.25) is 0 Å². The Balaban J connectivity index is 2.38. The van der Waals surface area contributed by atoms with Crippen LogP contribution in [0.1, 0.15) is 12.5 Å². The van der Waals surface area contributed by atoms with Crippen molar-refractivity contribution in [2.24, 2.45) is 11.5 Å². The molecule has 0 aliphatic carbocycles. The van der Waals surface area contributed by atoms with Crippen molar-refractivity contribution in [1.29, 1.82) is 5.26 Å². The molecular formula is C20H18N4O5. The van der Waals surface area contributed by atoms with Crippen LogP contribution in [0, 0.1) is 11.3 Å². The second-order valence-electron chi connectivity index (χ2n) is 6.40. The molecule has 29 heavy (non-hydrogen) atoms. The highest BCUT2D eigenvalue weighted by atomic mass is 16.5. The minimum Gasteiger partial charge on any atom is -0.458 e. The summed E-state index contributed by atoms with van der Waals surface area (Å²) in [5.74, 6) is -2.46. The number of hydrogen-bond donors (Lipinski definition) is 2. The average molecular weight is 394 g/mol. The van der Waals surface area contributed by atoms with E-state index in [9.17, 15) is 19.6 Å². The van der Waals surface area contributed by atoms with Crippen LogP contribution in [0.5, 0.6) is 5.75 Å². The van der Waals surface area contributed by atoms with E-state index >= 15 is 0 Å². The van der Waals surface area contributed by atoms with Gasteiger partial charge in [-0.3, -0.25) is 9.59 Å². The molecule has 4 N–H and O–H groups in total. The Morgan fingerprint density at radius 2 is 2.10 bits per heavy atom. The standard InChI is InChI=1S/C20H18N4O5/c1-3-8-28-18(26)16-11(2)24(10-15(22)25)19(27)20(16)12-6-4-5-7-14(12)29-17(23)13(20)9-21/h3-7H,1,8,10,23H2,2H3,(H2,22,25)/t20-/m0/s1. The van der Waals surface area contributed by atoms with E-state index in [4.69, 9.17) is 20.9 Å². The van der Waals surface area contributed by atoms with Crippen molar-refractivity contribution in [1.82, 2.24) is 4.90 Å². The van der Waals surface area contributed by atoms with Gasteiger partial charge in [0.15, 0.2) is 5.41 Å². The molecule has 1 aromatic carbocycles. The molecule has 2 aliphatic heterocycles. The van der Waals surface area contributed by atoms with E-state index in [1.165, 1.54) is 13.0 Å². The summed E-state index contributed by atoms with van der Waals surface area (Å²) in [5, 5.41) is 9.84. The third-order valence-electron chi connectivity index (χ3n) is 4.80. The van der Waals surface area contributed by atoms with Crippen LogP contribution >= 0.6 is 0 Å². The van der Waals surface area contributed by atoms with E-state index in [0.29, 0.717) is 0 Å². The molecule has 1 spiro atoms. The number of carbonyl (C=O) groups excluding carboxylic acids is 3. The van der Waals surface area contributed by atoms with Crippen molar-refractivity contribution in [2.75, 3.05) is 13.2 Å². The number of ether oxygens (including phenoxy) is 2.